The molecule has 0 radical (unpaired) electrons. The van der Waals surface area contributed by atoms with E-state index >= 15 is 0 Å². The summed E-state index contributed by atoms with van der Waals surface area (Å²) >= 11 is 1.21. The third kappa shape index (κ3) is 5.29. The highest BCUT2D eigenvalue weighted by atomic mass is 32.1. The Hall–Kier alpha value is -4.05. The van der Waals surface area contributed by atoms with Crippen LogP contribution < -0.4 is 19.8 Å². The monoisotopic (exact) mass is 546 g/mol. The number of nitro groups is 1. The van der Waals surface area contributed by atoms with Crippen LogP contribution in [-0.4, -0.2) is 34.7 Å². The highest BCUT2D eigenvalue weighted by molar-refractivity contribution is 7.07. The fourth-order valence-corrected chi connectivity index (χ4v) is 6.18. The molecule has 1 atom stereocenters. The number of fused-ring (bicyclic) bond motifs is 1. The fraction of sp³-hybridized carbons (Fsp3) is 0.345. The minimum absolute atomic E-state index is 0.0356. The van der Waals surface area contributed by atoms with Crippen molar-refractivity contribution in [2.45, 2.75) is 52.2 Å². The first-order valence-corrected chi connectivity index (χ1v) is 13.9. The maximum absolute atomic E-state index is 14.0. The Morgan fingerprint density at radius 2 is 1.87 bits per heavy atom. The number of anilines is 1. The average molecular weight is 547 g/mol. The molecule has 0 N–H and O–H groups in total. The number of nitro benzene ring substituents is 1. The predicted molar refractivity (Wildman–Crippen MR) is 151 cm³/mol. The van der Waals surface area contributed by atoms with Crippen molar-refractivity contribution in [1.82, 2.24) is 4.57 Å². The Kier molecular flexibility index (Phi) is 7.47. The third-order valence-electron chi connectivity index (χ3n) is 6.90. The quantitative estimate of drug-likeness (QED) is 0.262. The lowest BCUT2D eigenvalue weighted by Gasteiger charge is -2.30. The van der Waals surface area contributed by atoms with E-state index in [4.69, 9.17) is 4.74 Å². The second-order valence-corrected chi connectivity index (χ2v) is 11.0. The summed E-state index contributed by atoms with van der Waals surface area (Å²) in [4.78, 5) is 45.6. The van der Waals surface area contributed by atoms with Gasteiger partial charge in [0.1, 0.15) is 0 Å². The standard InChI is InChI=1S/C29H30N4O5S/c1-18(2)38-28(35)25-19(3)30-29-32(26(25)20-10-6-4-7-11-20)27(34)24(39-29)17-21-16-22(33(36)37)12-13-23(21)31-14-8-5-9-15-31/h4,6-7,10-13,16-18,26H,5,8-9,14-15H2,1-3H3. The molecule has 202 valence electrons. The van der Waals surface area contributed by atoms with Crippen molar-refractivity contribution >= 4 is 34.8 Å². The lowest BCUT2D eigenvalue weighted by molar-refractivity contribution is -0.384. The van der Waals surface area contributed by atoms with E-state index in [1.165, 1.54) is 28.0 Å². The van der Waals surface area contributed by atoms with Gasteiger partial charge in [0.05, 0.1) is 32.9 Å². The van der Waals surface area contributed by atoms with Crippen molar-refractivity contribution in [2.75, 3.05) is 18.0 Å². The summed E-state index contributed by atoms with van der Waals surface area (Å²) in [6.07, 6.45) is 4.63. The molecule has 3 heterocycles. The number of rotatable bonds is 6. The first-order valence-electron chi connectivity index (χ1n) is 13.1. The van der Waals surface area contributed by atoms with Crippen LogP contribution in [-0.2, 0) is 9.53 Å². The number of piperidine rings is 1. The number of hydrogen-bond acceptors (Lipinski definition) is 8. The Labute approximate surface area is 229 Å². The van der Waals surface area contributed by atoms with Gasteiger partial charge in [-0.1, -0.05) is 41.7 Å². The predicted octanol–water partition coefficient (Wildman–Crippen LogP) is 4.09. The van der Waals surface area contributed by atoms with Crippen molar-refractivity contribution in [1.29, 1.82) is 0 Å². The number of thiazole rings is 1. The number of esters is 1. The zero-order chi connectivity index (χ0) is 27.7. The van der Waals surface area contributed by atoms with Gasteiger partial charge in [-0.25, -0.2) is 9.79 Å². The van der Waals surface area contributed by atoms with Gasteiger partial charge in [-0.05, 0) is 57.7 Å². The molecule has 3 aromatic rings. The number of nitrogens with zero attached hydrogens (tertiary/aromatic N) is 4. The molecule has 0 amide bonds. The van der Waals surface area contributed by atoms with Gasteiger partial charge in [0.15, 0.2) is 4.80 Å². The van der Waals surface area contributed by atoms with Crippen molar-refractivity contribution in [3.63, 3.8) is 0 Å². The second-order valence-electron chi connectivity index (χ2n) is 9.99. The number of non-ortho nitro benzene ring substituents is 1. The molecule has 1 unspecified atom stereocenters. The van der Waals surface area contributed by atoms with E-state index in [2.05, 4.69) is 9.89 Å². The number of carbonyl (C=O) groups is 1. The molecule has 1 fully saturated rings. The van der Waals surface area contributed by atoms with E-state index in [-0.39, 0.29) is 17.4 Å². The van der Waals surface area contributed by atoms with Crippen molar-refractivity contribution in [2.24, 2.45) is 4.99 Å². The van der Waals surface area contributed by atoms with E-state index in [1.807, 2.05) is 30.3 Å². The topological polar surface area (TPSA) is 107 Å². The maximum Gasteiger partial charge on any atom is 0.338 e. The molecule has 5 rings (SSSR count). The van der Waals surface area contributed by atoms with Gasteiger partial charge in [-0.3, -0.25) is 19.5 Å². The molecule has 1 saturated heterocycles. The van der Waals surface area contributed by atoms with E-state index in [0.29, 0.717) is 26.2 Å². The first-order chi connectivity index (χ1) is 18.7. The molecule has 2 aliphatic heterocycles. The van der Waals surface area contributed by atoms with Gasteiger partial charge in [-0.15, -0.1) is 0 Å². The molecule has 9 nitrogen and oxygen atoms in total. The molecule has 2 aliphatic rings. The first kappa shape index (κ1) is 26.6. The maximum atomic E-state index is 14.0. The highest BCUT2D eigenvalue weighted by Gasteiger charge is 2.33. The van der Waals surface area contributed by atoms with Gasteiger partial charge in [0.25, 0.3) is 11.2 Å². The second kappa shape index (κ2) is 11.0. The molecule has 2 aromatic carbocycles. The zero-order valence-electron chi connectivity index (χ0n) is 22.1. The summed E-state index contributed by atoms with van der Waals surface area (Å²) in [7, 11) is 0. The van der Waals surface area contributed by atoms with Crippen LogP contribution in [0.4, 0.5) is 11.4 Å². The van der Waals surface area contributed by atoms with Gasteiger partial charge >= 0.3 is 5.97 Å². The molecular formula is C29H30N4O5S. The van der Waals surface area contributed by atoms with Crippen LogP contribution in [0.25, 0.3) is 6.08 Å². The van der Waals surface area contributed by atoms with Gasteiger partial charge < -0.3 is 9.64 Å². The lowest BCUT2D eigenvalue weighted by Crippen LogP contribution is -2.40. The smallest absolute Gasteiger partial charge is 0.338 e. The minimum Gasteiger partial charge on any atom is -0.459 e. The average Bonchev–Trinajstić information content (AvgIpc) is 3.22. The van der Waals surface area contributed by atoms with Crippen molar-refractivity contribution < 1.29 is 14.5 Å². The van der Waals surface area contributed by atoms with E-state index in [9.17, 15) is 19.7 Å². The molecule has 0 spiro atoms. The molecular weight excluding hydrogens is 516 g/mol. The normalized spacial score (nSPS) is 17.7. The van der Waals surface area contributed by atoms with Crippen molar-refractivity contribution in [3.05, 3.63) is 101 Å². The van der Waals surface area contributed by atoms with Crippen LogP contribution >= 0.6 is 11.3 Å². The van der Waals surface area contributed by atoms with E-state index in [0.717, 1.165) is 43.6 Å². The Balaban J connectivity index is 1.70. The summed E-state index contributed by atoms with van der Waals surface area (Å²) in [5.74, 6) is -0.513. The SMILES string of the molecule is CC1=C(C(=O)OC(C)C)C(c2ccccc2)n2c(sc(=Cc3cc([N+](=O)[O-])ccc3N3CCCCC3)c2=O)=N1. The number of ether oxygens (including phenoxy) is 1. The van der Waals surface area contributed by atoms with E-state index in [1.54, 1.807) is 32.9 Å². The molecule has 0 saturated carbocycles. The van der Waals surface area contributed by atoms with Gasteiger partial charge in [-0.2, -0.15) is 0 Å². The largest absolute Gasteiger partial charge is 0.459 e. The fourth-order valence-electron chi connectivity index (χ4n) is 5.15. The van der Waals surface area contributed by atoms with Crippen LogP contribution in [0.1, 0.15) is 57.2 Å². The van der Waals surface area contributed by atoms with Crippen LogP contribution in [0.3, 0.4) is 0 Å². The molecule has 39 heavy (non-hydrogen) atoms. The summed E-state index contributed by atoms with van der Waals surface area (Å²) in [6.45, 7) is 7.01. The van der Waals surface area contributed by atoms with Crippen LogP contribution in [0, 0.1) is 10.1 Å². The summed E-state index contributed by atoms with van der Waals surface area (Å²) < 4.78 is 7.47. The van der Waals surface area contributed by atoms with Gasteiger partial charge in [0.2, 0.25) is 0 Å². The summed E-state index contributed by atoms with van der Waals surface area (Å²) in [6, 6.07) is 13.4. The Bertz CT molecular complexity index is 1630. The van der Waals surface area contributed by atoms with Gasteiger partial charge in [0, 0.05) is 36.5 Å². The van der Waals surface area contributed by atoms with Crippen LogP contribution in [0.2, 0.25) is 0 Å². The Morgan fingerprint density at radius 1 is 1.15 bits per heavy atom. The number of hydrogen-bond donors (Lipinski definition) is 0. The molecule has 0 aliphatic carbocycles. The molecule has 0 bridgehead atoms. The zero-order valence-corrected chi connectivity index (χ0v) is 22.9. The molecule has 1 aromatic heterocycles. The Morgan fingerprint density at radius 3 is 2.54 bits per heavy atom. The summed E-state index contributed by atoms with van der Waals surface area (Å²) in [5.41, 5.74) is 2.70. The summed E-state index contributed by atoms with van der Waals surface area (Å²) in [5, 5.41) is 11.6. The van der Waals surface area contributed by atoms with Crippen molar-refractivity contribution in [3.8, 4) is 0 Å². The lowest BCUT2D eigenvalue weighted by atomic mass is 9.96. The minimum atomic E-state index is -0.706. The number of benzene rings is 2. The molecule has 10 heteroatoms. The number of allylic oxidation sites excluding steroid dienone is 1. The third-order valence-corrected chi connectivity index (χ3v) is 7.89. The van der Waals surface area contributed by atoms with E-state index < -0.39 is 16.9 Å². The number of carbonyl (C=O) groups excluding carboxylic acids is 1. The van der Waals surface area contributed by atoms with Crippen LogP contribution in [0.5, 0.6) is 0 Å². The number of aromatic nitrogens is 1. The highest BCUT2D eigenvalue weighted by Crippen LogP contribution is 2.31. The van der Waals surface area contributed by atoms with Crippen LogP contribution in [0.15, 0.2) is 69.6 Å².